The van der Waals surface area contributed by atoms with Gasteiger partial charge < -0.3 is 14.3 Å². The fourth-order valence-electron chi connectivity index (χ4n) is 2.22. The fraction of sp³-hybridized carbons (Fsp3) is 0.0625. The van der Waals surface area contributed by atoms with Gasteiger partial charge in [-0.3, -0.25) is 4.79 Å². The van der Waals surface area contributed by atoms with Crippen molar-refractivity contribution in [2.45, 2.75) is 0 Å². The zero-order chi connectivity index (χ0) is 14.1. The second kappa shape index (κ2) is 4.74. The predicted octanol–water partition coefficient (Wildman–Crippen LogP) is 3.38. The van der Waals surface area contributed by atoms with E-state index in [0.717, 1.165) is 0 Å². The number of carbonyl (C=O) groups excluding carboxylic acids is 1. The molecule has 2 aromatic carbocycles. The number of para-hydroxylation sites is 2. The minimum atomic E-state index is -0.373. The number of fused-ring (bicyclic) bond motifs is 1. The first-order valence-electron chi connectivity index (χ1n) is 6.10. The molecule has 4 heteroatoms. The Labute approximate surface area is 115 Å². The van der Waals surface area contributed by atoms with Crippen LogP contribution in [0.1, 0.15) is 15.9 Å². The first-order valence-corrected chi connectivity index (χ1v) is 6.10. The topological polar surface area (TPSA) is 59.7 Å². The van der Waals surface area contributed by atoms with Crippen molar-refractivity contribution in [3.63, 3.8) is 0 Å². The summed E-state index contributed by atoms with van der Waals surface area (Å²) in [5.41, 5.74) is 1.02. The lowest BCUT2D eigenvalue weighted by atomic mass is 10.0. The third-order valence-electron chi connectivity index (χ3n) is 3.16. The molecule has 0 fully saturated rings. The average molecular weight is 268 g/mol. The molecule has 0 aliphatic carbocycles. The van der Waals surface area contributed by atoms with Gasteiger partial charge in [-0.05, 0) is 18.2 Å². The summed E-state index contributed by atoms with van der Waals surface area (Å²) in [5.74, 6) is -0.241. The van der Waals surface area contributed by atoms with Gasteiger partial charge in [-0.2, -0.15) is 0 Å². The molecule has 4 nitrogen and oxygen atoms in total. The number of hydrogen-bond donors (Lipinski definition) is 1. The molecule has 0 unspecified atom stereocenters. The predicted molar refractivity (Wildman–Crippen MR) is 74.3 cm³/mol. The molecule has 0 bridgehead atoms. The van der Waals surface area contributed by atoms with Gasteiger partial charge in [0.05, 0.1) is 12.7 Å². The molecule has 1 heterocycles. The van der Waals surface area contributed by atoms with Crippen LogP contribution in [-0.2, 0) is 0 Å². The maximum Gasteiger partial charge on any atom is 0.294 e. The number of carbonyl (C=O) groups is 1. The molecule has 0 radical (unpaired) electrons. The lowest BCUT2D eigenvalue weighted by molar-refractivity contribution is 0.103. The van der Waals surface area contributed by atoms with E-state index in [4.69, 9.17) is 9.15 Å². The van der Waals surface area contributed by atoms with Crippen LogP contribution in [-0.4, -0.2) is 18.0 Å². The van der Waals surface area contributed by atoms with Crippen molar-refractivity contribution >= 4 is 16.8 Å². The van der Waals surface area contributed by atoms with Crippen LogP contribution in [0.4, 0.5) is 0 Å². The Bertz CT molecular complexity index is 786. The van der Waals surface area contributed by atoms with E-state index < -0.39 is 0 Å². The normalized spacial score (nSPS) is 10.7. The van der Waals surface area contributed by atoms with Crippen molar-refractivity contribution in [1.82, 2.24) is 0 Å². The highest BCUT2D eigenvalue weighted by Crippen LogP contribution is 2.34. The Hall–Kier alpha value is -2.75. The van der Waals surface area contributed by atoms with E-state index in [1.165, 1.54) is 7.11 Å². The van der Waals surface area contributed by atoms with E-state index in [2.05, 4.69) is 0 Å². The minimum absolute atomic E-state index is 0.158. The van der Waals surface area contributed by atoms with Crippen LogP contribution < -0.4 is 4.74 Å². The molecular weight excluding hydrogens is 256 g/mol. The van der Waals surface area contributed by atoms with Gasteiger partial charge in [0.15, 0.2) is 0 Å². The van der Waals surface area contributed by atoms with Crippen LogP contribution in [0.2, 0.25) is 0 Å². The van der Waals surface area contributed by atoms with Crippen molar-refractivity contribution in [2.75, 3.05) is 7.11 Å². The SMILES string of the molecule is COc1ccccc1C(=O)c1c(O)oc2ccccc12. The first kappa shape index (κ1) is 12.3. The number of ketones is 1. The minimum Gasteiger partial charge on any atom is -0.496 e. The monoisotopic (exact) mass is 268 g/mol. The van der Waals surface area contributed by atoms with E-state index in [1.807, 2.05) is 0 Å². The lowest BCUT2D eigenvalue weighted by Gasteiger charge is -2.06. The molecule has 0 aliphatic heterocycles. The summed E-state index contributed by atoms with van der Waals surface area (Å²) < 4.78 is 10.4. The molecule has 0 spiro atoms. The molecule has 0 aliphatic rings. The number of rotatable bonds is 3. The summed E-state index contributed by atoms with van der Waals surface area (Å²) in [6.45, 7) is 0. The summed E-state index contributed by atoms with van der Waals surface area (Å²) >= 11 is 0. The Morgan fingerprint density at radius 2 is 1.80 bits per heavy atom. The summed E-state index contributed by atoms with van der Waals surface area (Å²) in [6.07, 6.45) is 0. The number of furan rings is 1. The van der Waals surface area contributed by atoms with Crippen molar-refractivity contribution < 1.29 is 19.1 Å². The molecule has 0 saturated heterocycles. The van der Waals surface area contributed by atoms with Crippen molar-refractivity contribution in [2.24, 2.45) is 0 Å². The van der Waals surface area contributed by atoms with Crippen molar-refractivity contribution in [3.05, 3.63) is 59.7 Å². The van der Waals surface area contributed by atoms with E-state index in [1.54, 1.807) is 48.5 Å². The van der Waals surface area contributed by atoms with Crippen LogP contribution in [0.15, 0.2) is 52.9 Å². The van der Waals surface area contributed by atoms with Crippen LogP contribution in [0.25, 0.3) is 11.0 Å². The second-order valence-corrected chi connectivity index (χ2v) is 4.31. The summed E-state index contributed by atoms with van der Waals surface area (Å²) in [7, 11) is 1.50. The zero-order valence-electron chi connectivity index (χ0n) is 10.8. The molecule has 20 heavy (non-hydrogen) atoms. The maximum absolute atomic E-state index is 12.6. The van der Waals surface area contributed by atoms with Gasteiger partial charge in [0, 0.05) is 5.39 Å². The van der Waals surface area contributed by atoms with Gasteiger partial charge in [-0.25, -0.2) is 0 Å². The van der Waals surface area contributed by atoms with Crippen LogP contribution in [0.3, 0.4) is 0 Å². The largest absolute Gasteiger partial charge is 0.496 e. The molecule has 0 amide bonds. The Balaban J connectivity index is 2.20. The standard InChI is InChI=1S/C16H12O4/c1-19-12-8-4-3-7-11(12)15(17)14-10-6-2-5-9-13(10)20-16(14)18/h2-9,18H,1H3. The van der Waals surface area contributed by atoms with Gasteiger partial charge in [-0.15, -0.1) is 0 Å². The van der Waals surface area contributed by atoms with Crippen molar-refractivity contribution in [3.8, 4) is 11.7 Å². The molecule has 1 N–H and O–H groups in total. The Morgan fingerprint density at radius 3 is 2.60 bits per heavy atom. The highest BCUT2D eigenvalue weighted by atomic mass is 16.5. The number of aromatic hydroxyl groups is 1. The Kier molecular flexibility index (Phi) is 2.91. The van der Waals surface area contributed by atoms with E-state index in [9.17, 15) is 9.90 Å². The van der Waals surface area contributed by atoms with E-state index in [0.29, 0.717) is 22.3 Å². The summed E-state index contributed by atoms with van der Waals surface area (Å²) in [5, 5.41) is 10.5. The van der Waals surface area contributed by atoms with Gasteiger partial charge in [0.2, 0.25) is 5.78 Å². The first-order chi connectivity index (χ1) is 9.72. The van der Waals surface area contributed by atoms with Gasteiger partial charge in [0.1, 0.15) is 16.9 Å². The van der Waals surface area contributed by atoms with Gasteiger partial charge >= 0.3 is 0 Å². The van der Waals surface area contributed by atoms with Crippen LogP contribution in [0.5, 0.6) is 11.7 Å². The molecule has 0 atom stereocenters. The summed E-state index contributed by atoms with van der Waals surface area (Å²) in [6, 6.07) is 13.9. The maximum atomic E-state index is 12.6. The quantitative estimate of drug-likeness (QED) is 0.740. The highest BCUT2D eigenvalue weighted by Gasteiger charge is 2.23. The van der Waals surface area contributed by atoms with E-state index >= 15 is 0 Å². The second-order valence-electron chi connectivity index (χ2n) is 4.31. The molecular formula is C16H12O4. The molecule has 100 valence electrons. The molecule has 3 aromatic rings. The smallest absolute Gasteiger partial charge is 0.294 e. The third-order valence-corrected chi connectivity index (χ3v) is 3.16. The van der Waals surface area contributed by atoms with Gasteiger partial charge in [0.25, 0.3) is 5.95 Å². The fourth-order valence-corrected chi connectivity index (χ4v) is 2.22. The highest BCUT2D eigenvalue weighted by molar-refractivity contribution is 6.18. The number of ether oxygens (including phenoxy) is 1. The molecule has 1 aromatic heterocycles. The van der Waals surface area contributed by atoms with Gasteiger partial charge in [-0.1, -0.05) is 30.3 Å². The van der Waals surface area contributed by atoms with Crippen LogP contribution in [0, 0.1) is 0 Å². The van der Waals surface area contributed by atoms with Crippen molar-refractivity contribution in [1.29, 1.82) is 0 Å². The summed E-state index contributed by atoms with van der Waals surface area (Å²) in [4.78, 5) is 12.6. The lowest BCUT2D eigenvalue weighted by Crippen LogP contribution is -2.03. The zero-order valence-corrected chi connectivity index (χ0v) is 10.8. The Morgan fingerprint density at radius 1 is 1.10 bits per heavy atom. The molecule has 0 saturated carbocycles. The average Bonchev–Trinajstić information content (AvgIpc) is 2.82. The number of benzene rings is 2. The molecule has 3 rings (SSSR count). The third kappa shape index (κ3) is 1.82. The van der Waals surface area contributed by atoms with E-state index in [-0.39, 0.29) is 17.3 Å². The number of hydrogen-bond acceptors (Lipinski definition) is 4. The number of methoxy groups -OCH3 is 1. The van der Waals surface area contributed by atoms with Crippen LogP contribution >= 0.6 is 0 Å².